The summed E-state index contributed by atoms with van der Waals surface area (Å²) >= 11 is 0. The molecule has 17 heavy (non-hydrogen) atoms. The molecular formula is C14H21F2N. The van der Waals surface area contributed by atoms with E-state index in [1.165, 1.54) is 0 Å². The van der Waals surface area contributed by atoms with Gasteiger partial charge in [-0.3, -0.25) is 0 Å². The first-order valence-corrected chi connectivity index (χ1v) is 6.19. The largest absolute Gasteiger partial charge is 0.317 e. The van der Waals surface area contributed by atoms with Crippen molar-refractivity contribution in [2.75, 3.05) is 13.1 Å². The molecule has 1 aromatic rings. The van der Waals surface area contributed by atoms with Crippen molar-refractivity contribution in [3.63, 3.8) is 0 Å². The summed E-state index contributed by atoms with van der Waals surface area (Å²) in [5.74, 6) is -0.689. The lowest BCUT2D eigenvalue weighted by molar-refractivity contribution is 0.357. The average Bonchev–Trinajstić information content (AvgIpc) is 2.29. The van der Waals surface area contributed by atoms with Gasteiger partial charge in [-0.1, -0.05) is 32.9 Å². The van der Waals surface area contributed by atoms with Gasteiger partial charge in [0.15, 0.2) is 11.6 Å². The Morgan fingerprint density at radius 1 is 1.24 bits per heavy atom. The van der Waals surface area contributed by atoms with Gasteiger partial charge in [0.25, 0.3) is 0 Å². The molecule has 0 aliphatic rings. The molecule has 0 bridgehead atoms. The third-order valence-corrected chi connectivity index (χ3v) is 3.11. The van der Waals surface area contributed by atoms with Gasteiger partial charge in [0.1, 0.15) is 0 Å². The summed E-state index contributed by atoms with van der Waals surface area (Å²) in [5, 5.41) is 3.27. The Morgan fingerprint density at radius 3 is 2.53 bits per heavy atom. The molecule has 0 aliphatic heterocycles. The van der Waals surface area contributed by atoms with E-state index in [1.54, 1.807) is 12.1 Å². The van der Waals surface area contributed by atoms with Gasteiger partial charge in [0, 0.05) is 0 Å². The molecule has 0 amide bonds. The Balaban J connectivity index is 2.75. The summed E-state index contributed by atoms with van der Waals surface area (Å²) in [6, 6.07) is 4.39. The Morgan fingerprint density at radius 2 is 1.94 bits per heavy atom. The summed E-state index contributed by atoms with van der Waals surface area (Å²) in [7, 11) is 0. The molecule has 3 heteroatoms. The van der Waals surface area contributed by atoms with Crippen molar-refractivity contribution in [2.45, 2.75) is 27.2 Å². The average molecular weight is 241 g/mol. The molecule has 0 saturated heterocycles. The predicted molar refractivity (Wildman–Crippen MR) is 66.9 cm³/mol. The van der Waals surface area contributed by atoms with Crippen molar-refractivity contribution in [1.29, 1.82) is 0 Å². The van der Waals surface area contributed by atoms with Crippen molar-refractivity contribution < 1.29 is 8.78 Å². The molecule has 1 atom stereocenters. The molecule has 0 aromatic heterocycles. The Kier molecular flexibility index (Phi) is 5.56. The highest BCUT2D eigenvalue weighted by Crippen LogP contribution is 2.20. The zero-order valence-corrected chi connectivity index (χ0v) is 10.8. The fourth-order valence-corrected chi connectivity index (χ4v) is 1.86. The van der Waals surface area contributed by atoms with Crippen LogP contribution in [0.1, 0.15) is 26.3 Å². The minimum absolute atomic E-state index is 0.325. The number of hydrogen-bond donors (Lipinski definition) is 1. The van der Waals surface area contributed by atoms with Crippen molar-refractivity contribution >= 4 is 0 Å². The summed E-state index contributed by atoms with van der Waals surface area (Å²) in [6.07, 6.45) is 0.578. The summed E-state index contributed by atoms with van der Waals surface area (Å²) in [6.45, 7) is 8.00. The Hall–Kier alpha value is -0.960. The molecule has 0 radical (unpaired) electrons. The van der Waals surface area contributed by atoms with Crippen LogP contribution in [-0.4, -0.2) is 13.1 Å². The fraction of sp³-hybridized carbons (Fsp3) is 0.571. The maximum Gasteiger partial charge on any atom is 0.162 e. The minimum Gasteiger partial charge on any atom is -0.317 e. The van der Waals surface area contributed by atoms with Crippen LogP contribution >= 0.6 is 0 Å². The van der Waals surface area contributed by atoms with Gasteiger partial charge in [-0.15, -0.1) is 0 Å². The van der Waals surface area contributed by atoms with E-state index in [4.69, 9.17) is 0 Å². The Labute approximate surface area is 102 Å². The molecule has 1 rings (SSSR count). The van der Waals surface area contributed by atoms with Gasteiger partial charge in [0.2, 0.25) is 0 Å². The minimum atomic E-state index is -0.756. The number of nitrogens with one attached hydrogen (secondary N) is 1. The fourth-order valence-electron chi connectivity index (χ4n) is 1.86. The summed E-state index contributed by atoms with van der Waals surface area (Å²) in [5.41, 5.74) is 0.474. The highest BCUT2D eigenvalue weighted by molar-refractivity contribution is 5.19. The molecule has 0 fully saturated rings. The van der Waals surface area contributed by atoms with Crippen LogP contribution < -0.4 is 5.32 Å². The molecule has 0 saturated carbocycles. The zero-order valence-electron chi connectivity index (χ0n) is 10.8. The lowest BCUT2D eigenvalue weighted by atomic mass is 9.89. The van der Waals surface area contributed by atoms with Crippen LogP contribution in [0.5, 0.6) is 0 Å². The van der Waals surface area contributed by atoms with E-state index in [2.05, 4.69) is 19.2 Å². The smallest absolute Gasteiger partial charge is 0.162 e. The molecule has 0 aliphatic carbocycles. The van der Waals surface area contributed by atoms with Crippen LogP contribution in [0.2, 0.25) is 0 Å². The zero-order chi connectivity index (χ0) is 12.8. The second-order valence-corrected chi connectivity index (χ2v) is 4.73. The topological polar surface area (TPSA) is 12.0 Å². The molecule has 1 aromatic carbocycles. The van der Waals surface area contributed by atoms with Gasteiger partial charge in [-0.25, -0.2) is 8.78 Å². The van der Waals surface area contributed by atoms with E-state index in [0.29, 0.717) is 23.8 Å². The second kappa shape index (κ2) is 6.70. The van der Waals surface area contributed by atoms with Crippen molar-refractivity contribution in [3.8, 4) is 0 Å². The van der Waals surface area contributed by atoms with Gasteiger partial charge in [-0.05, 0) is 43.0 Å². The van der Waals surface area contributed by atoms with Crippen LogP contribution in [0.4, 0.5) is 8.78 Å². The molecule has 1 nitrogen and oxygen atoms in total. The van der Waals surface area contributed by atoms with Gasteiger partial charge in [0.05, 0.1) is 0 Å². The van der Waals surface area contributed by atoms with Crippen LogP contribution in [0.3, 0.4) is 0 Å². The van der Waals surface area contributed by atoms with Crippen molar-refractivity contribution in [1.82, 2.24) is 5.32 Å². The second-order valence-electron chi connectivity index (χ2n) is 4.73. The number of halogens is 2. The van der Waals surface area contributed by atoms with Gasteiger partial charge >= 0.3 is 0 Å². The monoisotopic (exact) mass is 241 g/mol. The first-order chi connectivity index (χ1) is 8.06. The van der Waals surface area contributed by atoms with E-state index in [-0.39, 0.29) is 0 Å². The van der Waals surface area contributed by atoms with E-state index in [0.717, 1.165) is 19.2 Å². The molecule has 0 heterocycles. The maximum atomic E-state index is 13.6. The van der Waals surface area contributed by atoms with E-state index in [1.807, 2.05) is 6.92 Å². The summed E-state index contributed by atoms with van der Waals surface area (Å²) < 4.78 is 26.6. The lowest BCUT2D eigenvalue weighted by Crippen LogP contribution is -2.28. The number of hydrogen-bond acceptors (Lipinski definition) is 1. The number of benzene rings is 1. The molecular weight excluding hydrogens is 220 g/mol. The maximum absolute atomic E-state index is 13.6. The Bertz CT molecular complexity index is 350. The van der Waals surface area contributed by atoms with E-state index < -0.39 is 11.6 Å². The molecule has 0 spiro atoms. The standard InChI is InChI=1S/C14H21F2N/c1-4-17-9-12(10(2)3)8-11-6-5-7-13(15)14(11)16/h5-7,10,12,17H,4,8-9H2,1-3H3. The normalized spacial score (nSPS) is 13.1. The molecule has 1 unspecified atom stereocenters. The first kappa shape index (κ1) is 14.1. The van der Waals surface area contributed by atoms with Crippen molar-refractivity contribution in [3.05, 3.63) is 35.4 Å². The van der Waals surface area contributed by atoms with Crippen LogP contribution in [0.25, 0.3) is 0 Å². The van der Waals surface area contributed by atoms with Gasteiger partial charge in [-0.2, -0.15) is 0 Å². The molecule has 96 valence electrons. The number of rotatable bonds is 6. The third kappa shape index (κ3) is 4.08. The van der Waals surface area contributed by atoms with Crippen LogP contribution in [0.15, 0.2) is 18.2 Å². The predicted octanol–water partition coefficient (Wildman–Crippen LogP) is 3.39. The van der Waals surface area contributed by atoms with Crippen molar-refractivity contribution in [2.24, 2.45) is 11.8 Å². The summed E-state index contributed by atoms with van der Waals surface area (Å²) in [4.78, 5) is 0. The lowest BCUT2D eigenvalue weighted by Gasteiger charge is -2.21. The SMILES string of the molecule is CCNCC(Cc1cccc(F)c1F)C(C)C. The highest BCUT2D eigenvalue weighted by atomic mass is 19.2. The third-order valence-electron chi connectivity index (χ3n) is 3.11. The quantitative estimate of drug-likeness (QED) is 0.805. The van der Waals surface area contributed by atoms with E-state index >= 15 is 0 Å². The first-order valence-electron chi connectivity index (χ1n) is 6.19. The molecule has 1 N–H and O–H groups in total. The highest BCUT2D eigenvalue weighted by Gasteiger charge is 2.17. The van der Waals surface area contributed by atoms with E-state index in [9.17, 15) is 8.78 Å². The van der Waals surface area contributed by atoms with Crippen LogP contribution in [0, 0.1) is 23.5 Å². The van der Waals surface area contributed by atoms with Crippen LogP contribution in [-0.2, 0) is 6.42 Å². The van der Waals surface area contributed by atoms with Gasteiger partial charge < -0.3 is 5.32 Å².